The Balaban J connectivity index is 1.34. The quantitative estimate of drug-likeness (QED) is 0.409. The first-order valence-electron chi connectivity index (χ1n) is 13.7. The number of hydrogen-bond donors (Lipinski definition) is 0. The van der Waals surface area contributed by atoms with Crippen LogP contribution in [-0.4, -0.2) is 80.0 Å². The van der Waals surface area contributed by atoms with Crippen LogP contribution >= 0.6 is 0 Å². The van der Waals surface area contributed by atoms with Crippen molar-refractivity contribution in [3.8, 4) is 11.4 Å². The van der Waals surface area contributed by atoms with Crippen LogP contribution in [-0.2, 0) is 19.6 Å². The highest BCUT2D eigenvalue weighted by atomic mass is 32.2. The Morgan fingerprint density at radius 2 is 1.77 bits per heavy atom. The van der Waals surface area contributed by atoms with Crippen LogP contribution in [0.4, 0.5) is 5.69 Å². The van der Waals surface area contributed by atoms with E-state index in [4.69, 9.17) is 9.47 Å². The molecule has 1 saturated heterocycles. The van der Waals surface area contributed by atoms with E-state index >= 15 is 0 Å². The van der Waals surface area contributed by atoms with Gasteiger partial charge in [0.25, 0.3) is 0 Å². The number of fused-ring (bicyclic) bond motifs is 2. The Kier molecular flexibility index (Phi) is 7.60. The number of benzene rings is 1. The van der Waals surface area contributed by atoms with Gasteiger partial charge in [0.05, 0.1) is 24.2 Å². The number of anilines is 1. The van der Waals surface area contributed by atoms with Gasteiger partial charge >= 0.3 is 5.56 Å². The van der Waals surface area contributed by atoms with Crippen molar-refractivity contribution >= 4 is 21.5 Å². The Morgan fingerprint density at radius 1 is 1.05 bits per heavy atom. The summed E-state index contributed by atoms with van der Waals surface area (Å²) in [5.74, 6) is 0.413. The number of ether oxygens (including phenoxy) is 2. The first kappa shape index (κ1) is 27.8. The summed E-state index contributed by atoms with van der Waals surface area (Å²) in [5, 5.41) is 4.40. The van der Waals surface area contributed by atoms with Crippen LogP contribution in [0.1, 0.15) is 40.0 Å². The van der Waals surface area contributed by atoms with E-state index in [0.717, 1.165) is 6.42 Å². The zero-order chi connectivity index (χ0) is 27.8. The molecule has 2 bridgehead atoms. The fourth-order valence-electron chi connectivity index (χ4n) is 6.61. The Hall–Kier alpha value is -2.76. The molecule has 1 aliphatic heterocycles. The van der Waals surface area contributed by atoms with Crippen LogP contribution in [0.2, 0.25) is 0 Å². The van der Waals surface area contributed by atoms with Crippen LogP contribution in [0, 0.1) is 16.7 Å². The third-order valence-electron chi connectivity index (χ3n) is 9.13. The maximum atomic E-state index is 13.6. The average Bonchev–Trinajstić information content (AvgIpc) is 3.26. The number of nitrogens with zero attached hydrogens (tertiary/aromatic N) is 4. The van der Waals surface area contributed by atoms with Gasteiger partial charge in [0, 0.05) is 44.6 Å². The normalized spacial score (nSPS) is 24.8. The molecule has 1 aromatic heterocycles. The van der Waals surface area contributed by atoms with E-state index in [9.17, 15) is 18.0 Å². The molecule has 2 aliphatic carbocycles. The minimum absolute atomic E-state index is 0.102. The predicted octanol–water partition coefficient (Wildman–Crippen LogP) is 2.50. The van der Waals surface area contributed by atoms with Gasteiger partial charge in [0.1, 0.15) is 18.1 Å². The molecule has 212 valence electrons. The van der Waals surface area contributed by atoms with Crippen molar-refractivity contribution in [2.24, 2.45) is 16.7 Å². The molecule has 2 atom stereocenters. The monoisotopic (exact) mass is 558 g/mol. The molecule has 5 rings (SSSR count). The molecular weight excluding hydrogens is 520 g/mol. The molecule has 2 saturated carbocycles. The van der Waals surface area contributed by atoms with Gasteiger partial charge in [-0.25, -0.2) is 8.42 Å². The second kappa shape index (κ2) is 10.7. The third kappa shape index (κ3) is 4.89. The Labute approximate surface area is 229 Å². The standard InChI is InChI=1S/C28H38N4O6S/c1-4-37-16-17-38-25-23(19-29-32(26(25)34)22-8-6-5-7-9-22)30-12-14-31(15-13-30)39(35,36)20-28-11-10-21(18-24(28)33)27(28,2)3/h5-9,19,21H,4,10-18,20H2,1-3H3. The average molecular weight is 559 g/mol. The van der Waals surface area contributed by atoms with Gasteiger partial charge in [-0.05, 0) is 43.2 Å². The molecular formula is C28H38N4O6S. The van der Waals surface area contributed by atoms with Gasteiger partial charge in [-0.15, -0.1) is 0 Å². The molecule has 11 heteroatoms. The highest BCUT2D eigenvalue weighted by molar-refractivity contribution is 7.89. The van der Waals surface area contributed by atoms with Crippen molar-refractivity contribution in [1.29, 1.82) is 0 Å². The van der Waals surface area contributed by atoms with E-state index in [1.165, 1.54) is 8.99 Å². The lowest BCUT2D eigenvalue weighted by molar-refractivity contribution is -0.128. The van der Waals surface area contributed by atoms with Gasteiger partial charge in [-0.2, -0.15) is 14.1 Å². The van der Waals surface area contributed by atoms with E-state index in [1.54, 1.807) is 18.3 Å². The molecule has 3 fully saturated rings. The summed E-state index contributed by atoms with van der Waals surface area (Å²) in [6.07, 6.45) is 3.65. The minimum atomic E-state index is -3.65. The van der Waals surface area contributed by atoms with E-state index in [0.29, 0.717) is 50.5 Å². The Bertz CT molecular complexity index is 1370. The van der Waals surface area contributed by atoms with Crippen molar-refractivity contribution in [2.75, 3.05) is 56.7 Å². The Morgan fingerprint density at radius 3 is 2.38 bits per heavy atom. The van der Waals surface area contributed by atoms with Crippen molar-refractivity contribution in [3.63, 3.8) is 0 Å². The first-order chi connectivity index (χ1) is 18.6. The van der Waals surface area contributed by atoms with Crippen molar-refractivity contribution in [1.82, 2.24) is 14.1 Å². The summed E-state index contributed by atoms with van der Waals surface area (Å²) in [6.45, 7) is 8.37. The van der Waals surface area contributed by atoms with Gasteiger partial charge in [-0.1, -0.05) is 32.0 Å². The van der Waals surface area contributed by atoms with Crippen LogP contribution in [0.3, 0.4) is 0 Å². The summed E-state index contributed by atoms with van der Waals surface area (Å²) in [7, 11) is -3.65. The zero-order valence-electron chi connectivity index (χ0n) is 23.0. The SMILES string of the molecule is CCOCCOc1c(N2CCN(S(=O)(=O)CC34CCC(CC3=O)C4(C)C)CC2)cnn(-c2ccccc2)c1=O. The molecule has 0 N–H and O–H groups in total. The molecule has 1 aromatic carbocycles. The van der Waals surface area contributed by atoms with E-state index in [1.807, 2.05) is 30.0 Å². The van der Waals surface area contributed by atoms with Crippen LogP contribution < -0.4 is 15.2 Å². The number of carbonyl (C=O) groups excluding carboxylic acids is 1. The lowest BCUT2D eigenvalue weighted by Crippen LogP contribution is -2.53. The molecule has 0 radical (unpaired) electrons. The highest BCUT2D eigenvalue weighted by Gasteiger charge is 2.65. The van der Waals surface area contributed by atoms with E-state index < -0.39 is 15.4 Å². The summed E-state index contributed by atoms with van der Waals surface area (Å²) < 4.78 is 41.3. The zero-order valence-corrected chi connectivity index (χ0v) is 23.8. The molecule has 0 spiro atoms. The molecule has 2 aromatic rings. The topological polar surface area (TPSA) is 111 Å². The fourth-order valence-corrected chi connectivity index (χ4v) is 8.81. The minimum Gasteiger partial charge on any atom is -0.484 e. The lowest BCUT2D eigenvalue weighted by atomic mass is 9.70. The maximum Gasteiger partial charge on any atom is 0.316 e. The molecule has 10 nitrogen and oxygen atoms in total. The number of ketones is 1. The summed E-state index contributed by atoms with van der Waals surface area (Å²) >= 11 is 0. The second-order valence-electron chi connectivity index (χ2n) is 11.3. The smallest absolute Gasteiger partial charge is 0.316 e. The van der Waals surface area contributed by atoms with Gasteiger partial charge in [0.2, 0.25) is 15.8 Å². The van der Waals surface area contributed by atoms with Gasteiger partial charge in [0.15, 0.2) is 0 Å². The third-order valence-corrected chi connectivity index (χ3v) is 11.1. The second-order valence-corrected chi connectivity index (χ2v) is 13.2. The number of sulfonamides is 1. The number of hydrogen-bond acceptors (Lipinski definition) is 8. The van der Waals surface area contributed by atoms with Gasteiger partial charge < -0.3 is 14.4 Å². The number of piperazine rings is 1. The molecule has 2 heterocycles. The number of Topliss-reactive ketones (excluding diaryl/α,β-unsaturated/α-hetero) is 1. The summed E-state index contributed by atoms with van der Waals surface area (Å²) in [6, 6.07) is 9.12. The van der Waals surface area contributed by atoms with Crippen molar-refractivity contribution < 1.29 is 22.7 Å². The molecule has 0 amide bonds. The number of carbonyl (C=O) groups is 1. The van der Waals surface area contributed by atoms with Gasteiger partial charge in [-0.3, -0.25) is 9.59 Å². The summed E-state index contributed by atoms with van der Waals surface area (Å²) in [5.41, 5.74) is -0.327. The fraction of sp³-hybridized carbons (Fsp3) is 0.607. The molecule has 39 heavy (non-hydrogen) atoms. The summed E-state index contributed by atoms with van der Waals surface area (Å²) in [4.78, 5) is 28.3. The van der Waals surface area contributed by atoms with Crippen molar-refractivity contribution in [2.45, 2.75) is 40.0 Å². The number of aromatic nitrogens is 2. The van der Waals surface area contributed by atoms with Crippen molar-refractivity contribution in [3.05, 3.63) is 46.9 Å². The largest absolute Gasteiger partial charge is 0.484 e. The van der Waals surface area contributed by atoms with Crippen LogP contribution in [0.15, 0.2) is 41.3 Å². The maximum absolute atomic E-state index is 13.6. The number of rotatable bonds is 10. The molecule has 3 aliphatic rings. The lowest BCUT2D eigenvalue weighted by Gasteiger charge is -2.40. The highest BCUT2D eigenvalue weighted by Crippen LogP contribution is 2.64. The van der Waals surface area contributed by atoms with Crippen LogP contribution in [0.25, 0.3) is 5.69 Å². The van der Waals surface area contributed by atoms with Crippen LogP contribution in [0.5, 0.6) is 5.75 Å². The van der Waals surface area contributed by atoms with E-state index in [2.05, 4.69) is 18.9 Å². The first-order valence-corrected chi connectivity index (χ1v) is 15.4. The predicted molar refractivity (Wildman–Crippen MR) is 148 cm³/mol. The number of para-hydroxylation sites is 1. The van der Waals surface area contributed by atoms with E-state index in [-0.39, 0.29) is 53.9 Å². The molecule has 2 unspecified atom stereocenters.